The van der Waals surface area contributed by atoms with Crippen LogP contribution < -0.4 is 4.74 Å². The molecular formula is C28H33Cl2F3N2O4. The van der Waals surface area contributed by atoms with Crippen molar-refractivity contribution in [1.29, 1.82) is 0 Å². The highest BCUT2D eigenvalue weighted by Gasteiger charge is 2.41. The first-order valence-electron chi connectivity index (χ1n) is 12.8. The summed E-state index contributed by atoms with van der Waals surface area (Å²) in [7, 11) is 0. The number of carboxylic acids is 1. The number of hydrogen-bond acceptors (Lipinski definition) is 4. The molecule has 0 aliphatic carbocycles. The topological polar surface area (TPSA) is 70.1 Å². The predicted molar refractivity (Wildman–Crippen MR) is 144 cm³/mol. The number of carbonyl (C=O) groups excluding carboxylic acids is 1. The summed E-state index contributed by atoms with van der Waals surface area (Å²) < 4.78 is 37.8. The van der Waals surface area contributed by atoms with E-state index in [9.17, 15) is 18.0 Å². The monoisotopic (exact) mass is 588 g/mol. The number of benzene rings is 2. The fourth-order valence-electron chi connectivity index (χ4n) is 4.84. The molecule has 0 aromatic heterocycles. The molecular weight excluding hydrogens is 556 g/mol. The Morgan fingerprint density at radius 3 is 2.23 bits per heavy atom. The second-order valence-corrected chi connectivity index (χ2v) is 11.3. The molecule has 2 aromatic rings. The van der Waals surface area contributed by atoms with E-state index in [1.54, 1.807) is 18.2 Å². The molecule has 1 N–H and O–H groups in total. The fraction of sp³-hybridized carbons (Fsp3) is 0.500. The zero-order valence-corrected chi connectivity index (χ0v) is 23.5. The summed E-state index contributed by atoms with van der Waals surface area (Å²) in [5.41, 5.74) is 2.18. The lowest BCUT2D eigenvalue weighted by molar-refractivity contribution is -0.192. The quantitative estimate of drug-likeness (QED) is 0.402. The van der Waals surface area contributed by atoms with Crippen molar-refractivity contribution in [3.05, 3.63) is 63.6 Å². The Hall–Kier alpha value is -2.49. The Morgan fingerprint density at radius 2 is 1.64 bits per heavy atom. The third kappa shape index (κ3) is 8.75. The molecule has 0 unspecified atom stereocenters. The zero-order chi connectivity index (χ0) is 28.8. The summed E-state index contributed by atoms with van der Waals surface area (Å²) in [6.07, 6.45) is -1.80. The highest BCUT2D eigenvalue weighted by atomic mass is 35.5. The molecule has 4 rings (SSSR count). The smallest absolute Gasteiger partial charge is 0.490 e. The number of rotatable bonds is 6. The van der Waals surface area contributed by atoms with E-state index in [1.807, 2.05) is 11.0 Å². The molecule has 2 fully saturated rings. The van der Waals surface area contributed by atoms with Gasteiger partial charge in [0, 0.05) is 37.3 Å². The minimum absolute atomic E-state index is 0.0458. The molecule has 2 aliphatic rings. The van der Waals surface area contributed by atoms with Gasteiger partial charge in [-0.2, -0.15) is 13.2 Å². The normalized spacial score (nSPS) is 17.2. The van der Waals surface area contributed by atoms with Crippen molar-refractivity contribution in [3.8, 4) is 5.75 Å². The van der Waals surface area contributed by atoms with Crippen LogP contribution in [0.1, 0.15) is 49.0 Å². The van der Waals surface area contributed by atoms with Gasteiger partial charge in [-0.3, -0.25) is 9.69 Å². The zero-order valence-electron chi connectivity index (χ0n) is 21.9. The highest BCUT2D eigenvalue weighted by Crippen LogP contribution is 2.41. The van der Waals surface area contributed by atoms with Crippen LogP contribution in [0, 0.1) is 11.3 Å². The van der Waals surface area contributed by atoms with Gasteiger partial charge in [-0.25, -0.2) is 4.79 Å². The molecule has 0 radical (unpaired) electrons. The third-order valence-electron chi connectivity index (χ3n) is 6.98. The summed E-state index contributed by atoms with van der Waals surface area (Å²) >= 11 is 12.1. The Balaban J connectivity index is 0.000000532. The van der Waals surface area contributed by atoms with Crippen molar-refractivity contribution in [2.75, 3.05) is 32.8 Å². The van der Waals surface area contributed by atoms with Crippen LogP contribution in [0.2, 0.25) is 10.0 Å². The van der Waals surface area contributed by atoms with Crippen LogP contribution in [0.25, 0.3) is 0 Å². The predicted octanol–water partition coefficient (Wildman–Crippen LogP) is 6.79. The molecule has 0 atom stereocenters. The number of carbonyl (C=O) groups is 2. The molecule has 1 amide bonds. The minimum Gasteiger partial charge on any atom is -0.493 e. The average molecular weight is 589 g/mol. The maximum atomic E-state index is 12.9. The molecule has 0 bridgehead atoms. The van der Waals surface area contributed by atoms with Gasteiger partial charge in [-0.05, 0) is 61.4 Å². The lowest BCUT2D eigenvalue weighted by Crippen LogP contribution is -2.44. The van der Waals surface area contributed by atoms with Gasteiger partial charge in [0.05, 0.1) is 16.7 Å². The number of amides is 1. The molecule has 2 aliphatic heterocycles. The number of aliphatic carboxylic acids is 1. The fourth-order valence-corrected chi connectivity index (χ4v) is 5.14. The van der Waals surface area contributed by atoms with Crippen LogP contribution in [0.15, 0.2) is 42.5 Å². The standard InChI is InChI=1S/C26H32Cl2N2O2.C2HF3O2/c1-19(2)17-32-24-6-4-3-5-21(24)16-29-12-9-26(18-29)10-13-30(14-11-26)25(31)20-7-8-22(27)23(28)15-20;3-2(4,5)1(6)7/h3-8,15,19H,9-14,16-18H2,1-2H3;(H,6,7). The van der Waals surface area contributed by atoms with Gasteiger partial charge in [0.1, 0.15) is 5.75 Å². The van der Waals surface area contributed by atoms with Crippen molar-refractivity contribution >= 4 is 35.1 Å². The summed E-state index contributed by atoms with van der Waals surface area (Å²) in [4.78, 5) is 26.3. The van der Waals surface area contributed by atoms with Crippen molar-refractivity contribution < 1.29 is 32.6 Å². The number of nitrogens with zero attached hydrogens (tertiary/aromatic N) is 2. The highest BCUT2D eigenvalue weighted by molar-refractivity contribution is 6.42. The van der Waals surface area contributed by atoms with Crippen LogP contribution >= 0.6 is 23.2 Å². The first kappa shape index (κ1) is 31.0. The Labute approximate surface area is 236 Å². The van der Waals surface area contributed by atoms with Gasteiger partial charge in [0.2, 0.25) is 0 Å². The second-order valence-electron chi connectivity index (χ2n) is 10.5. The van der Waals surface area contributed by atoms with Crippen molar-refractivity contribution in [1.82, 2.24) is 9.80 Å². The molecule has 2 saturated heterocycles. The number of carboxylic acid groups (broad SMARTS) is 1. The van der Waals surface area contributed by atoms with Crippen molar-refractivity contribution in [2.24, 2.45) is 11.3 Å². The Kier molecular flexibility index (Phi) is 10.5. The van der Waals surface area contributed by atoms with E-state index >= 15 is 0 Å². The SMILES string of the molecule is CC(C)COc1ccccc1CN1CCC2(CCN(C(=O)c3ccc(Cl)c(Cl)c3)CC2)C1.O=C(O)C(F)(F)F. The number of halogens is 5. The number of piperidine rings is 1. The number of ether oxygens (including phenoxy) is 1. The summed E-state index contributed by atoms with van der Waals surface area (Å²) in [5, 5.41) is 8.03. The van der Waals surface area contributed by atoms with E-state index in [0.29, 0.717) is 26.9 Å². The van der Waals surface area contributed by atoms with E-state index in [1.165, 1.54) is 12.0 Å². The molecule has 6 nitrogen and oxygen atoms in total. The lowest BCUT2D eigenvalue weighted by atomic mass is 9.77. The Morgan fingerprint density at radius 1 is 1.03 bits per heavy atom. The average Bonchev–Trinajstić information content (AvgIpc) is 3.26. The van der Waals surface area contributed by atoms with Crippen molar-refractivity contribution in [3.63, 3.8) is 0 Å². The van der Waals surface area contributed by atoms with Gasteiger partial charge in [-0.1, -0.05) is 55.2 Å². The molecule has 11 heteroatoms. The molecule has 1 spiro atoms. The van der Waals surface area contributed by atoms with E-state index in [4.69, 9.17) is 37.8 Å². The summed E-state index contributed by atoms with van der Waals surface area (Å²) in [5.74, 6) is -1.20. The van der Waals surface area contributed by atoms with E-state index in [-0.39, 0.29) is 5.91 Å². The molecule has 2 aromatic carbocycles. The maximum absolute atomic E-state index is 12.9. The first-order valence-corrected chi connectivity index (χ1v) is 13.5. The van der Waals surface area contributed by atoms with E-state index in [2.05, 4.69) is 36.9 Å². The van der Waals surface area contributed by atoms with Crippen LogP contribution in [-0.2, 0) is 11.3 Å². The molecule has 214 valence electrons. The van der Waals surface area contributed by atoms with E-state index in [0.717, 1.165) is 57.9 Å². The van der Waals surface area contributed by atoms with E-state index < -0.39 is 12.1 Å². The van der Waals surface area contributed by atoms with Gasteiger partial charge >= 0.3 is 12.1 Å². The summed E-state index contributed by atoms with van der Waals surface area (Å²) in [6, 6.07) is 13.5. The van der Waals surface area contributed by atoms with Crippen LogP contribution in [0.4, 0.5) is 13.2 Å². The Bertz CT molecular complexity index is 1150. The number of alkyl halides is 3. The number of para-hydroxylation sites is 1. The summed E-state index contributed by atoms with van der Waals surface area (Å²) in [6.45, 7) is 9.77. The first-order chi connectivity index (χ1) is 18.3. The van der Waals surface area contributed by atoms with Crippen LogP contribution in [0.3, 0.4) is 0 Å². The molecule has 0 saturated carbocycles. The third-order valence-corrected chi connectivity index (χ3v) is 7.72. The minimum atomic E-state index is -5.08. The number of hydrogen-bond donors (Lipinski definition) is 1. The largest absolute Gasteiger partial charge is 0.493 e. The van der Waals surface area contributed by atoms with Crippen molar-refractivity contribution in [2.45, 2.75) is 45.8 Å². The van der Waals surface area contributed by atoms with Gasteiger partial charge < -0.3 is 14.7 Å². The van der Waals surface area contributed by atoms with Gasteiger partial charge in [0.15, 0.2) is 0 Å². The maximum Gasteiger partial charge on any atom is 0.490 e. The van der Waals surface area contributed by atoms with Crippen LogP contribution in [0.5, 0.6) is 5.75 Å². The van der Waals surface area contributed by atoms with Gasteiger partial charge in [-0.15, -0.1) is 0 Å². The number of likely N-dealkylation sites (tertiary alicyclic amines) is 2. The second kappa shape index (κ2) is 13.2. The van der Waals surface area contributed by atoms with Crippen LogP contribution in [-0.4, -0.2) is 65.7 Å². The molecule has 2 heterocycles. The lowest BCUT2D eigenvalue weighted by Gasteiger charge is -2.39. The molecule has 39 heavy (non-hydrogen) atoms. The van der Waals surface area contributed by atoms with Gasteiger partial charge in [0.25, 0.3) is 5.91 Å².